The van der Waals surface area contributed by atoms with Crippen molar-refractivity contribution in [2.75, 3.05) is 0 Å². The average molecular weight is 363 g/mol. The van der Waals surface area contributed by atoms with Gasteiger partial charge in [-0.05, 0) is 73.3 Å². The van der Waals surface area contributed by atoms with Crippen LogP contribution in [0.4, 0.5) is 0 Å². The molecule has 0 spiro atoms. The van der Waals surface area contributed by atoms with E-state index in [1.165, 1.54) is 51.4 Å². The maximum atomic E-state index is 5.81. The molecule has 5 aliphatic rings. The molecule has 25 heavy (non-hydrogen) atoms. The summed E-state index contributed by atoms with van der Waals surface area (Å²) < 4.78 is 11.6. The van der Waals surface area contributed by atoms with Gasteiger partial charge < -0.3 is 9.47 Å². The highest BCUT2D eigenvalue weighted by molar-refractivity contribution is 6.94. The zero-order valence-corrected chi connectivity index (χ0v) is 17.9. The Labute approximate surface area is 155 Å². The Kier molecular flexibility index (Phi) is 3.85. The van der Waals surface area contributed by atoms with Gasteiger partial charge in [-0.25, -0.2) is 0 Å². The Hall–Kier alpha value is 0.137. The van der Waals surface area contributed by atoms with Crippen molar-refractivity contribution in [2.45, 2.75) is 126 Å². The van der Waals surface area contributed by atoms with Crippen LogP contribution < -0.4 is 0 Å². The van der Waals surface area contributed by atoms with Gasteiger partial charge in [0.2, 0.25) is 0 Å². The normalized spacial score (nSPS) is 44.6. The van der Waals surface area contributed by atoms with Crippen LogP contribution >= 0.6 is 0 Å². The van der Waals surface area contributed by atoms with Crippen LogP contribution in [0.25, 0.3) is 0 Å². The molecule has 0 N–H and O–H groups in total. The summed E-state index contributed by atoms with van der Waals surface area (Å²) in [6, 6.07) is 3.19. The summed E-state index contributed by atoms with van der Waals surface area (Å²) in [6.07, 6.45) is 13.8. The van der Waals surface area contributed by atoms with E-state index in [0.717, 1.165) is 11.8 Å². The maximum absolute atomic E-state index is 5.81. The summed E-state index contributed by atoms with van der Waals surface area (Å²) in [5.74, 6) is 1.88. The fourth-order valence-corrected chi connectivity index (χ4v) is 14.5. The molecule has 0 aromatic rings. The molecule has 5 rings (SSSR count). The Morgan fingerprint density at radius 3 is 1.48 bits per heavy atom. The monoisotopic (exact) mass is 362 g/mol. The van der Waals surface area contributed by atoms with E-state index in [-0.39, 0.29) is 0 Å². The lowest BCUT2D eigenvalue weighted by Crippen LogP contribution is -2.43. The highest BCUT2D eigenvalue weighted by atomic mass is 28.3. The van der Waals surface area contributed by atoms with Gasteiger partial charge in [0.05, 0.1) is 32.5 Å². The minimum absolute atomic E-state index is 0.607. The van der Waals surface area contributed by atoms with E-state index >= 15 is 0 Å². The summed E-state index contributed by atoms with van der Waals surface area (Å²) in [7, 11) is -1.17. The predicted molar refractivity (Wildman–Crippen MR) is 105 cm³/mol. The van der Waals surface area contributed by atoms with Crippen LogP contribution in [0.3, 0.4) is 0 Å². The minimum Gasteiger partial charge on any atom is -0.370 e. The average Bonchev–Trinajstić information content (AvgIpc) is 3.41. The first-order valence-corrected chi connectivity index (χ1v) is 13.5. The third kappa shape index (κ3) is 2.97. The van der Waals surface area contributed by atoms with E-state index in [1.54, 1.807) is 12.1 Å². The molecule has 0 amide bonds. The molecule has 3 aliphatic heterocycles. The molecule has 3 heterocycles. The van der Waals surface area contributed by atoms with Crippen LogP contribution in [0.15, 0.2) is 0 Å². The molecule has 6 atom stereocenters. The molecule has 2 aliphatic carbocycles. The second-order valence-electron chi connectivity index (χ2n) is 11.5. The number of epoxide rings is 2. The summed E-state index contributed by atoms with van der Waals surface area (Å²) in [4.78, 5) is 0. The fourth-order valence-electron chi connectivity index (χ4n) is 7.57. The van der Waals surface area contributed by atoms with E-state index in [2.05, 4.69) is 27.7 Å². The van der Waals surface area contributed by atoms with Crippen LogP contribution in [0.2, 0.25) is 22.2 Å². The van der Waals surface area contributed by atoms with Crippen LogP contribution in [0.5, 0.6) is 0 Å². The van der Waals surface area contributed by atoms with Crippen molar-refractivity contribution in [3.63, 3.8) is 0 Å². The highest BCUT2D eigenvalue weighted by Gasteiger charge is 2.65. The first-order chi connectivity index (χ1) is 11.8. The maximum Gasteiger partial charge on any atom is 0.0844 e. The number of rotatable bonds is 6. The smallest absolute Gasteiger partial charge is 0.0844 e. The third-order valence-corrected chi connectivity index (χ3v) is 16.3. The first kappa shape index (κ1) is 17.2. The van der Waals surface area contributed by atoms with Gasteiger partial charge in [-0.3, -0.25) is 0 Å². The van der Waals surface area contributed by atoms with Crippen LogP contribution in [-0.4, -0.2) is 32.5 Å². The first-order valence-electron chi connectivity index (χ1n) is 11.1. The molecule has 0 radical (unpaired) electrons. The number of hydrogen-bond acceptors (Lipinski definition) is 2. The quantitative estimate of drug-likeness (QED) is 0.432. The van der Waals surface area contributed by atoms with Gasteiger partial charge in [-0.2, -0.15) is 0 Å². The van der Waals surface area contributed by atoms with E-state index in [0.29, 0.717) is 34.5 Å². The Balaban J connectivity index is 1.25. The van der Waals surface area contributed by atoms with Crippen LogP contribution in [-0.2, 0) is 9.47 Å². The van der Waals surface area contributed by atoms with Crippen molar-refractivity contribution in [2.24, 2.45) is 11.8 Å². The van der Waals surface area contributed by atoms with Crippen molar-refractivity contribution in [3.8, 4) is 0 Å². The molecule has 3 saturated heterocycles. The van der Waals surface area contributed by atoms with Crippen molar-refractivity contribution in [3.05, 3.63) is 0 Å². The molecule has 5 fully saturated rings. The van der Waals surface area contributed by atoms with E-state index in [1.807, 2.05) is 0 Å². The summed E-state index contributed by atoms with van der Waals surface area (Å²) in [5.41, 5.74) is 0. The minimum atomic E-state index is -1.17. The molecule has 0 aromatic carbocycles. The molecule has 0 aromatic heterocycles. The zero-order chi connectivity index (χ0) is 17.4. The summed E-state index contributed by atoms with van der Waals surface area (Å²) >= 11 is 0. The standard InChI is InChI=1S/C22H38O2Si/c1-21(2,13-15-5-7-17-19(11-15)23-17)25(9-10-25)22(3,4)14-16-6-8-18-20(12-16)24-18/h15-20H,5-14H2,1-4H3. The van der Waals surface area contributed by atoms with E-state index < -0.39 is 8.07 Å². The van der Waals surface area contributed by atoms with Crippen molar-refractivity contribution < 1.29 is 9.47 Å². The second-order valence-corrected chi connectivity index (χ2v) is 17.4. The van der Waals surface area contributed by atoms with Gasteiger partial charge in [0.25, 0.3) is 0 Å². The number of hydrogen-bond donors (Lipinski definition) is 0. The van der Waals surface area contributed by atoms with Gasteiger partial charge in [0.1, 0.15) is 0 Å². The Morgan fingerprint density at radius 2 is 1.12 bits per heavy atom. The zero-order valence-electron chi connectivity index (χ0n) is 16.9. The van der Waals surface area contributed by atoms with Crippen LogP contribution in [0, 0.1) is 11.8 Å². The van der Waals surface area contributed by atoms with Gasteiger partial charge >= 0.3 is 0 Å². The second kappa shape index (κ2) is 5.58. The molecular formula is C22H38O2Si. The molecular weight excluding hydrogens is 324 g/mol. The largest absolute Gasteiger partial charge is 0.370 e. The van der Waals surface area contributed by atoms with E-state index in [9.17, 15) is 0 Å². The molecule has 2 saturated carbocycles. The lowest BCUT2D eigenvalue weighted by molar-refractivity contribution is 0.305. The van der Waals surface area contributed by atoms with Gasteiger partial charge in [-0.1, -0.05) is 39.8 Å². The van der Waals surface area contributed by atoms with Gasteiger partial charge in [-0.15, -0.1) is 0 Å². The Morgan fingerprint density at radius 1 is 0.680 bits per heavy atom. The molecule has 6 unspecified atom stereocenters. The Bertz CT molecular complexity index is 494. The fraction of sp³-hybridized carbons (Fsp3) is 1.00. The molecule has 142 valence electrons. The third-order valence-electron chi connectivity index (χ3n) is 9.16. The molecule has 3 heteroatoms. The predicted octanol–water partition coefficient (Wildman–Crippen LogP) is 5.92. The lowest BCUT2D eigenvalue weighted by atomic mass is 9.83. The summed E-state index contributed by atoms with van der Waals surface area (Å²) in [6.45, 7) is 10.6. The summed E-state index contributed by atoms with van der Waals surface area (Å²) in [5, 5.41) is 1.21. The lowest BCUT2D eigenvalue weighted by Gasteiger charge is -2.48. The van der Waals surface area contributed by atoms with Gasteiger partial charge in [0, 0.05) is 0 Å². The molecule has 0 bridgehead atoms. The topological polar surface area (TPSA) is 25.1 Å². The number of fused-ring (bicyclic) bond motifs is 2. The van der Waals surface area contributed by atoms with Crippen LogP contribution in [0.1, 0.15) is 79.1 Å². The van der Waals surface area contributed by atoms with Crippen molar-refractivity contribution >= 4 is 8.07 Å². The SMILES string of the molecule is CC(C)(CC1CCC2OC2C1)[Si]1(C(C)(C)CC2CCC3OC3C2)CC1. The van der Waals surface area contributed by atoms with Crippen molar-refractivity contribution in [1.29, 1.82) is 0 Å². The van der Waals surface area contributed by atoms with Gasteiger partial charge in [0.15, 0.2) is 0 Å². The van der Waals surface area contributed by atoms with Crippen molar-refractivity contribution in [1.82, 2.24) is 0 Å². The number of ether oxygens (including phenoxy) is 2. The molecule has 2 nitrogen and oxygen atoms in total. The highest BCUT2D eigenvalue weighted by Crippen LogP contribution is 2.70. The van der Waals surface area contributed by atoms with E-state index in [4.69, 9.17) is 9.47 Å².